The lowest BCUT2D eigenvalue weighted by molar-refractivity contribution is 0.189. The lowest BCUT2D eigenvalue weighted by Crippen LogP contribution is -2.23. The Kier molecular flexibility index (Phi) is 5.45. The highest BCUT2D eigenvalue weighted by Crippen LogP contribution is 2.43. The average Bonchev–Trinajstić information content (AvgIpc) is 3.50. The van der Waals surface area contributed by atoms with Crippen molar-refractivity contribution >= 4 is 5.57 Å². The van der Waals surface area contributed by atoms with Gasteiger partial charge >= 0.3 is 0 Å². The molecule has 0 N–H and O–H groups in total. The third kappa shape index (κ3) is 3.74. The summed E-state index contributed by atoms with van der Waals surface area (Å²) < 4.78 is 33.9. The number of hydrogen-bond donors (Lipinski definition) is 0. The van der Waals surface area contributed by atoms with E-state index in [4.69, 9.17) is 4.74 Å². The van der Waals surface area contributed by atoms with Crippen LogP contribution in [0.5, 0.6) is 0 Å². The second-order valence-corrected chi connectivity index (χ2v) is 8.49. The van der Waals surface area contributed by atoms with Gasteiger partial charge in [-0.15, -0.1) is 0 Å². The van der Waals surface area contributed by atoms with Gasteiger partial charge in [0.15, 0.2) is 11.6 Å². The van der Waals surface area contributed by atoms with Crippen molar-refractivity contribution in [1.82, 2.24) is 0 Å². The Morgan fingerprint density at radius 2 is 1.77 bits per heavy atom. The van der Waals surface area contributed by atoms with Crippen molar-refractivity contribution in [2.75, 3.05) is 6.61 Å². The summed E-state index contributed by atoms with van der Waals surface area (Å²) in [6.07, 6.45) is 13.1. The normalized spacial score (nSPS) is 31.6. The minimum Gasteiger partial charge on any atom is -0.368 e. The molecule has 1 aliphatic heterocycles. The standard InChI is InChI=1S/C23H30F2O/c1-2-3-15-4-6-16(7-5-15)17-8-10-18(11-9-17)19-12-13-20(21-14-26-21)23(25)22(19)24/h10,12-13,15-17,21H,2-9,11,14H2,1H3. The van der Waals surface area contributed by atoms with Gasteiger partial charge < -0.3 is 4.74 Å². The third-order valence-corrected chi connectivity index (χ3v) is 6.84. The Hall–Kier alpha value is -1.22. The maximum atomic E-state index is 14.5. The van der Waals surface area contributed by atoms with Crippen molar-refractivity contribution in [3.05, 3.63) is 41.0 Å². The summed E-state index contributed by atoms with van der Waals surface area (Å²) in [5, 5.41) is 0. The Morgan fingerprint density at radius 1 is 1.00 bits per heavy atom. The summed E-state index contributed by atoms with van der Waals surface area (Å²) >= 11 is 0. The first kappa shape index (κ1) is 18.2. The van der Waals surface area contributed by atoms with E-state index in [1.807, 2.05) is 0 Å². The van der Waals surface area contributed by atoms with Gasteiger partial charge in [0, 0.05) is 11.1 Å². The molecule has 0 amide bonds. The molecule has 3 heteroatoms. The first-order valence-corrected chi connectivity index (χ1v) is 10.5. The van der Waals surface area contributed by atoms with Crippen LogP contribution in [0.1, 0.15) is 81.9 Å². The zero-order chi connectivity index (χ0) is 18.1. The first-order chi connectivity index (χ1) is 12.7. The smallest absolute Gasteiger partial charge is 0.166 e. The Bertz CT molecular complexity index is 669. The van der Waals surface area contributed by atoms with Crippen molar-refractivity contribution in [3.8, 4) is 0 Å². The van der Waals surface area contributed by atoms with Crippen LogP contribution in [0.4, 0.5) is 8.78 Å². The van der Waals surface area contributed by atoms with E-state index >= 15 is 0 Å². The maximum absolute atomic E-state index is 14.5. The molecule has 26 heavy (non-hydrogen) atoms. The van der Waals surface area contributed by atoms with E-state index < -0.39 is 11.6 Å². The molecule has 0 radical (unpaired) electrons. The van der Waals surface area contributed by atoms with Gasteiger partial charge in [-0.1, -0.05) is 50.8 Å². The van der Waals surface area contributed by atoms with Crippen molar-refractivity contribution in [2.24, 2.45) is 17.8 Å². The molecule has 4 rings (SSSR count). The van der Waals surface area contributed by atoms with Crippen LogP contribution < -0.4 is 0 Å². The topological polar surface area (TPSA) is 12.5 Å². The van der Waals surface area contributed by atoms with Crippen LogP contribution in [0.15, 0.2) is 18.2 Å². The van der Waals surface area contributed by atoms with Gasteiger partial charge in [0.2, 0.25) is 0 Å². The Balaban J connectivity index is 1.40. The van der Waals surface area contributed by atoms with E-state index in [1.54, 1.807) is 12.1 Å². The van der Waals surface area contributed by atoms with Gasteiger partial charge in [-0.25, -0.2) is 8.78 Å². The molecule has 0 spiro atoms. The molecule has 2 atom stereocenters. The van der Waals surface area contributed by atoms with Gasteiger partial charge in [0.25, 0.3) is 0 Å². The molecule has 2 fully saturated rings. The monoisotopic (exact) mass is 360 g/mol. The fourth-order valence-electron chi connectivity index (χ4n) is 5.17. The number of rotatable bonds is 5. The summed E-state index contributed by atoms with van der Waals surface area (Å²) in [5.74, 6) is 1.09. The molecule has 0 bridgehead atoms. The first-order valence-electron chi connectivity index (χ1n) is 10.5. The largest absolute Gasteiger partial charge is 0.368 e. The zero-order valence-corrected chi connectivity index (χ0v) is 15.8. The van der Waals surface area contributed by atoms with E-state index in [-0.39, 0.29) is 6.10 Å². The molecule has 142 valence electrons. The van der Waals surface area contributed by atoms with Crippen molar-refractivity contribution in [2.45, 2.75) is 70.8 Å². The summed E-state index contributed by atoms with van der Waals surface area (Å²) in [4.78, 5) is 0. The fourth-order valence-corrected chi connectivity index (χ4v) is 5.17. The van der Waals surface area contributed by atoms with Gasteiger partial charge in [-0.05, 0) is 55.4 Å². The van der Waals surface area contributed by atoms with E-state index in [2.05, 4.69) is 13.0 Å². The van der Waals surface area contributed by atoms with Crippen LogP contribution in [0, 0.1) is 29.4 Å². The molecular weight excluding hydrogens is 330 g/mol. The highest BCUT2D eigenvalue weighted by atomic mass is 19.2. The quantitative estimate of drug-likeness (QED) is 0.524. The SMILES string of the molecule is CCCC1CCC(C2CC=C(c3ccc(C4CO4)c(F)c3F)CC2)CC1. The number of allylic oxidation sites excluding steroid dienone is 2. The van der Waals surface area contributed by atoms with Gasteiger partial charge in [-0.3, -0.25) is 0 Å². The second kappa shape index (κ2) is 7.80. The van der Waals surface area contributed by atoms with Crippen molar-refractivity contribution < 1.29 is 13.5 Å². The van der Waals surface area contributed by atoms with Gasteiger partial charge in [0.05, 0.1) is 6.61 Å². The van der Waals surface area contributed by atoms with Gasteiger partial charge in [-0.2, -0.15) is 0 Å². The van der Waals surface area contributed by atoms with E-state index in [0.717, 1.165) is 42.6 Å². The third-order valence-electron chi connectivity index (χ3n) is 6.84. The van der Waals surface area contributed by atoms with Crippen LogP contribution in [-0.4, -0.2) is 6.61 Å². The summed E-state index contributed by atoms with van der Waals surface area (Å²) in [6.45, 7) is 2.78. The summed E-state index contributed by atoms with van der Waals surface area (Å²) in [7, 11) is 0. The van der Waals surface area contributed by atoms with Crippen LogP contribution in [-0.2, 0) is 4.74 Å². The highest BCUT2D eigenvalue weighted by Gasteiger charge is 2.32. The van der Waals surface area contributed by atoms with Crippen molar-refractivity contribution in [1.29, 1.82) is 0 Å². The van der Waals surface area contributed by atoms with Crippen LogP contribution in [0.3, 0.4) is 0 Å². The molecule has 1 nitrogen and oxygen atoms in total. The molecule has 1 aromatic rings. The molecule has 2 unspecified atom stereocenters. The molecule has 1 aromatic carbocycles. The predicted molar refractivity (Wildman–Crippen MR) is 101 cm³/mol. The van der Waals surface area contributed by atoms with E-state index in [9.17, 15) is 8.78 Å². The number of ether oxygens (including phenoxy) is 1. The van der Waals surface area contributed by atoms with Crippen LogP contribution in [0.25, 0.3) is 5.57 Å². The summed E-state index contributed by atoms with van der Waals surface area (Å²) in [5.41, 5.74) is 1.81. The fraction of sp³-hybridized carbons (Fsp3) is 0.652. The summed E-state index contributed by atoms with van der Waals surface area (Å²) in [6, 6.07) is 3.45. The van der Waals surface area contributed by atoms with Crippen LogP contribution >= 0.6 is 0 Å². The number of epoxide rings is 1. The molecule has 0 aromatic heterocycles. The number of hydrogen-bond acceptors (Lipinski definition) is 1. The molecule has 1 heterocycles. The Labute approximate surface area is 155 Å². The molecule has 1 saturated heterocycles. The lowest BCUT2D eigenvalue weighted by Gasteiger charge is -2.35. The lowest BCUT2D eigenvalue weighted by atomic mass is 9.70. The minimum absolute atomic E-state index is 0.244. The second-order valence-electron chi connectivity index (χ2n) is 8.49. The average molecular weight is 360 g/mol. The minimum atomic E-state index is -0.720. The molecule has 2 aliphatic carbocycles. The van der Waals surface area contributed by atoms with E-state index in [0.29, 0.717) is 17.7 Å². The zero-order valence-electron chi connectivity index (χ0n) is 15.8. The van der Waals surface area contributed by atoms with E-state index in [1.165, 1.54) is 38.5 Å². The predicted octanol–water partition coefficient (Wildman–Crippen LogP) is 6.83. The van der Waals surface area contributed by atoms with Crippen LogP contribution in [0.2, 0.25) is 0 Å². The van der Waals surface area contributed by atoms with Crippen molar-refractivity contribution in [3.63, 3.8) is 0 Å². The number of halogens is 2. The molecule has 1 saturated carbocycles. The number of benzene rings is 1. The molecular formula is C23H30F2O. The molecule has 3 aliphatic rings. The Morgan fingerprint density at radius 3 is 2.38 bits per heavy atom. The van der Waals surface area contributed by atoms with Gasteiger partial charge in [0.1, 0.15) is 6.10 Å². The highest BCUT2D eigenvalue weighted by molar-refractivity contribution is 5.67. The maximum Gasteiger partial charge on any atom is 0.166 e.